The lowest BCUT2D eigenvalue weighted by molar-refractivity contribution is -0.145. The average molecular weight is 479 g/mol. The highest BCUT2D eigenvalue weighted by Gasteiger charge is 2.54. The maximum absolute atomic E-state index is 13.2. The van der Waals surface area contributed by atoms with E-state index < -0.39 is 29.5 Å². The van der Waals surface area contributed by atoms with Crippen LogP contribution in [0, 0.1) is 11.3 Å². The molecule has 8 heteroatoms. The van der Waals surface area contributed by atoms with E-state index in [1.54, 1.807) is 4.90 Å². The maximum Gasteiger partial charge on any atom is 0.407 e. The summed E-state index contributed by atoms with van der Waals surface area (Å²) in [5.74, 6) is -1.84. The van der Waals surface area contributed by atoms with Crippen LogP contribution in [-0.2, 0) is 19.1 Å². The predicted molar refractivity (Wildman–Crippen MR) is 128 cm³/mol. The standard InChI is InChI=1S/C27H30N2O6/c1-2-34-23-14-29(13-21(23)24(30)31)25(32)27(11-12-27)16-28-26(33)35-15-22-19-9-5-3-7-17(19)18-8-4-6-10-20(18)22/h3-10,21-23H,2,11-16H2,1H3,(H,28,33)(H,30,31). The zero-order valence-corrected chi connectivity index (χ0v) is 19.7. The van der Waals surface area contributed by atoms with Crippen molar-refractivity contribution in [3.05, 3.63) is 59.7 Å². The second-order valence-electron chi connectivity index (χ2n) is 9.61. The van der Waals surface area contributed by atoms with Gasteiger partial charge in [0.05, 0.1) is 11.5 Å². The van der Waals surface area contributed by atoms with E-state index >= 15 is 0 Å². The lowest BCUT2D eigenvalue weighted by Gasteiger charge is -2.23. The third-order valence-electron chi connectivity index (χ3n) is 7.47. The van der Waals surface area contributed by atoms with Crippen LogP contribution >= 0.6 is 0 Å². The smallest absolute Gasteiger partial charge is 0.407 e. The molecule has 0 aromatic heterocycles. The third kappa shape index (κ3) is 4.38. The van der Waals surface area contributed by atoms with Gasteiger partial charge in [0.25, 0.3) is 0 Å². The quantitative estimate of drug-likeness (QED) is 0.604. The number of carbonyl (C=O) groups is 3. The molecule has 0 radical (unpaired) electrons. The topological polar surface area (TPSA) is 105 Å². The molecule has 184 valence electrons. The third-order valence-corrected chi connectivity index (χ3v) is 7.47. The molecule has 1 aliphatic heterocycles. The van der Waals surface area contributed by atoms with E-state index in [0.29, 0.717) is 19.4 Å². The molecule has 2 unspecified atom stereocenters. The number of nitrogens with one attached hydrogen (secondary N) is 1. The number of carboxylic acids is 1. The number of nitrogens with zero attached hydrogens (tertiary/aromatic N) is 1. The van der Waals surface area contributed by atoms with Crippen molar-refractivity contribution in [2.45, 2.75) is 31.8 Å². The van der Waals surface area contributed by atoms with Gasteiger partial charge >= 0.3 is 12.1 Å². The molecule has 1 heterocycles. The summed E-state index contributed by atoms with van der Waals surface area (Å²) in [6.45, 7) is 2.98. The summed E-state index contributed by atoms with van der Waals surface area (Å²) in [7, 11) is 0. The maximum atomic E-state index is 13.2. The van der Waals surface area contributed by atoms with E-state index in [4.69, 9.17) is 9.47 Å². The molecule has 8 nitrogen and oxygen atoms in total. The van der Waals surface area contributed by atoms with Crippen molar-refractivity contribution in [3.8, 4) is 11.1 Å². The number of amides is 2. The number of carboxylic acid groups (broad SMARTS) is 1. The number of benzene rings is 2. The Balaban J connectivity index is 1.17. The number of hydrogen-bond acceptors (Lipinski definition) is 5. The van der Waals surface area contributed by atoms with Gasteiger partial charge in [-0.2, -0.15) is 0 Å². The molecule has 2 aliphatic carbocycles. The molecule has 2 atom stereocenters. The Morgan fingerprint density at radius 1 is 1.03 bits per heavy atom. The molecule has 1 saturated carbocycles. The minimum atomic E-state index is -0.958. The second kappa shape index (κ2) is 9.34. The Labute approximate surface area is 204 Å². The summed E-state index contributed by atoms with van der Waals surface area (Å²) in [4.78, 5) is 38.9. The van der Waals surface area contributed by atoms with Crippen LogP contribution in [0.3, 0.4) is 0 Å². The fourth-order valence-electron chi connectivity index (χ4n) is 5.40. The van der Waals surface area contributed by atoms with Crippen LogP contribution in [0.4, 0.5) is 4.79 Å². The van der Waals surface area contributed by atoms with Crippen LogP contribution in [0.2, 0.25) is 0 Å². The summed E-state index contributed by atoms with van der Waals surface area (Å²) in [6.07, 6.45) is 0.252. The first-order chi connectivity index (χ1) is 16.9. The number of likely N-dealkylation sites (tertiary alicyclic amines) is 1. The number of alkyl carbamates (subject to hydrolysis) is 1. The lowest BCUT2D eigenvalue weighted by atomic mass is 9.98. The van der Waals surface area contributed by atoms with Crippen molar-refractivity contribution in [1.82, 2.24) is 10.2 Å². The van der Waals surface area contributed by atoms with Gasteiger partial charge in [0.2, 0.25) is 5.91 Å². The van der Waals surface area contributed by atoms with Crippen molar-refractivity contribution >= 4 is 18.0 Å². The van der Waals surface area contributed by atoms with Crippen molar-refractivity contribution in [1.29, 1.82) is 0 Å². The number of hydrogen-bond donors (Lipinski definition) is 2. The molecule has 1 saturated heterocycles. The SMILES string of the molecule is CCOC1CN(C(=O)C2(CNC(=O)OCC3c4ccccc4-c4ccccc43)CC2)CC1C(=O)O. The van der Waals surface area contributed by atoms with Crippen LogP contribution in [0.25, 0.3) is 11.1 Å². The van der Waals surface area contributed by atoms with Gasteiger partial charge in [-0.05, 0) is 42.0 Å². The van der Waals surface area contributed by atoms with Gasteiger partial charge in [0, 0.05) is 32.2 Å². The molecular weight excluding hydrogens is 448 g/mol. The number of ether oxygens (including phenoxy) is 2. The fraction of sp³-hybridized carbons (Fsp3) is 0.444. The first-order valence-electron chi connectivity index (χ1n) is 12.2. The van der Waals surface area contributed by atoms with Crippen molar-refractivity contribution in [3.63, 3.8) is 0 Å². The minimum absolute atomic E-state index is 0.0299. The van der Waals surface area contributed by atoms with Crippen LogP contribution in [0.1, 0.15) is 36.8 Å². The van der Waals surface area contributed by atoms with Crippen LogP contribution < -0.4 is 5.32 Å². The summed E-state index contributed by atoms with van der Waals surface area (Å²) >= 11 is 0. The van der Waals surface area contributed by atoms with Gasteiger partial charge in [0.1, 0.15) is 12.5 Å². The Kier molecular flexibility index (Phi) is 6.23. The normalized spacial score (nSPS) is 21.8. The molecule has 0 bridgehead atoms. The average Bonchev–Trinajstić information content (AvgIpc) is 3.43. The van der Waals surface area contributed by atoms with Gasteiger partial charge in [-0.3, -0.25) is 9.59 Å². The highest BCUT2D eigenvalue weighted by atomic mass is 16.5. The predicted octanol–water partition coefficient (Wildman–Crippen LogP) is 3.25. The Bertz CT molecular complexity index is 1100. The molecule has 2 N–H and O–H groups in total. The fourth-order valence-corrected chi connectivity index (χ4v) is 5.40. The molecule has 3 aliphatic rings. The first-order valence-corrected chi connectivity index (χ1v) is 12.2. The molecule has 2 fully saturated rings. The van der Waals surface area contributed by atoms with E-state index in [2.05, 4.69) is 29.6 Å². The van der Waals surface area contributed by atoms with Crippen molar-refractivity contribution in [2.24, 2.45) is 11.3 Å². The van der Waals surface area contributed by atoms with Crippen LogP contribution in [-0.4, -0.2) is 66.9 Å². The second-order valence-corrected chi connectivity index (χ2v) is 9.61. The van der Waals surface area contributed by atoms with E-state index in [1.165, 1.54) is 0 Å². The molecule has 2 aromatic rings. The van der Waals surface area contributed by atoms with Crippen molar-refractivity contribution < 1.29 is 29.0 Å². The molecule has 35 heavy (non-hydrogen) atoms. The Morgan fingerprint density at radius 2 is 1.66 bits per heavy atom. The Morgan fingerprint density at radius 3 is 2.23 bits per heavy atom. The highest BCUT2D eigenvalue weighted by Crippen LogP contribution is 2.48. The molecule has 2 amide bonds. The van der Waals surface area contributed by atoms with Gasteiger partial charge in [-0.25, -0.2) is 4.79 Å². The molecule has 5 rings (SSSR count). The summed E-state index contributed by atoms with van der Waals surface area (Å²) in [6, 6.07) is 16.3. The highest BCUT2D eigenvalue weighted by molar-refractivity contribution is 5.87. The van der Waals surface area contributed by atoms with Crippen LogP contribution in [0.15, 0.2) is 48.5 Å². The largest absolute Gasteiger partial charge is 0.481 e. The molecular formula is C27H30N2O6. The Hall–Kier alpha value is -3.39. The zero-order valence-electron chi connectivity index (χ0n) is 19.7. The van der Waals surface area contributed by atoms with Gasteiger partial charge < -0.3 is 24.8 Å². The van der Waals surface area contributed by atoms with Crippen LogP contribution in [0.5, 0.6) is 0 Å². The number of rotatable bonds is 8. The summed E-state index contributed by atoms with van der Waals surface area (Å²) < 4.78 is 11.1. The number of carbonyl (C=O) groups excluding carboxylic acids is 2. The van der Waals surface area contributed by atoms with E-state index in [9.17, 15) is 19.5 Å². The number of aliphatic carboxylic acids is 1. The summed E-state index contributed by atoms with van der Waals surface area (Å²) in [5, 5.41) is 12.3. The van der Waals surface area contributed by atoms with Gasteiger partial charge in [-0.1, -0.05) is 48.5 Å². The van der Waals surface area contributed by atoms with E-state index in [1.807, 2.05) is 31.2 Å². The lowest BCUT2D eigenvalue weighted by Crippen LogP contribution is -2.42. The molecule has 2 aromatic carbocycles. The minimum Gasteiger partial charge on any atom is -0.481 e. The zero-order chi connectivity index (χ0) is 24.6. The van der Waals surface area contributed by atoms with E-state index in [-0.39, 0.29) is 38.1 Å². The number of fused-ring (bicyclic) bond motifs is 3. The van der Waals surface area contributed by atoms with Crippen molar-refractivity contribution in [2.75, 3.05) is 32.8 Å². The van der Waals surface area contributed by atoms with Gasteiger partial charge in [0.15, 0.2) is 0 Å². The van der Waals surface area contributed by atoms with E-state index in [0.717, 1.165) is 22.3 Å². The summed E-state index contributed by atoms with van der Waals surface area (Å²) in [5.41, 5.74) is 3.92. The first kappa shape index (κ1) is 23.4. The monoisotopic (exact) mass is 478 g/mol. The van der Waals surface area contributed by atoms with Gasteiger partial charge in [-0.15, -0.1) is 0 Å². The molecule has 0 spiro atoms.